The summed E-state index contributed by atoms with van der Waals surface area (Å²) in [7, 11) is 0. The molecule has 0 amide bonds. The van der Waals surface area contributed by atoms with E-state index in [0.717, 1.165) is 19.3 Å². The van der Waals surface area contributed by atoms with Gasteiger partial charge in [-0.1, -0.05) is 12.1 Å². The summed E-state index contributed by atoms with van der Waals surface area (Å²) in [6.07, 6.45) is 4.03. The molecule has 1 nitrogen and oxygen atoms in total. The zero-order valence-electron chi connectivity index (χ0n) is 8.12. The Morgan fingerprint density at radius 1 is 1.36 bits per heavy atom. The van der Waals surface area contributed by atoms with Gasteiger partial charge >= 0.3 is 0 Å². The van der Waals surface area contributed by atoms with Crippen LogP contribution >= 0.6 is 11.8 Å². The first-order valence-electron chi connectivity index (χ1n) is 5.22. The van der Waals surface area contributed by atoms with Crippen LogP contribution in [-0.2, 0) is 12.8 Å². The number of hydrogen-bond acceptors (Lipinski definition) is 2. The lowest BCUT2D eigenvalue weighted by Crippen LogP contribution is -2.10. The van der Waals surface area contributed by atoms with E-state index in [1.54, 1.807) is 0 Å². The highest BCUT2D eigenvalue weighted by atomic mass is 32.2. The fourth-order valence-corrected chi connectivity index (χ4v) is 3.15. The fraction of sp³-hybridized carbons (Fsp3) is 0.500. The first-order chi connectivity index (χ1) is 6.75. The second kappa shape index (κ2) is 3.01. The van der Waals surface area contributed by atoms with E-state index in [9.17, 15) is 5.11 Å². The zero-order valence-corrected chi connectivity index (χ0v) is 8.94. The monoisotopic (exact) mass is 206 g/mol. The molecule has 1 aliphatic heterocycles. The molecule has 14 heavy (non-hydrogen) atoms. The molecule has 0 radical (unpaired) electrons. The number of rotatable bonds is 2. The van der Waals surface area contributed by atoms with Crippen molar-refractivity contribution in [3.05, 3.63) is 29.3 Å². The van der Waals surface area contributed by atoms with Crippen molar-refractivity contribution < 1.29 is 5.11 Å². The molecule has 2 heteroatoms. The molecule has 0 aromatic heterocycles. The summed E-state index contributed by atoms with van der Waals surface area (Å²) in [6.45, 7) is 0. The van der Waals surface area contributed by atoms with E-state index in [1.165, 1.54) is 28.2 Å². The summed E-state index contributed by atoms with van der Waals surface area (Å²) in [5.41, 5.74) is 2.44. The SMILES string of the molecule is OC1(Cc2ccc3c(c2)SCC3)CC1. The van der Waals surface area contributed by atoms with E-state index in [2.05, 4.69) is 18.2 Å². The van der Waals surface area contributed by atoms with E-state index in [0.29, 0.717) is 0 Å². The lowest BCUT2D eigenvalue weighted by Gasteiger charge is -2.08. The summed E-state index contributed by atoms with van der Waals surface area (Å²) >= 11 is 1.95. The summed E-state index contributed by atoms with van der Waals surface area (Å²) in [6, 6.07) is 6.68. The number of thioether (sulfide) groups is 1. The highest BCUT2D eigenvalue weighted by Gasteiger charge is 2.40. The molecule has 0 spiro atoms. The number of aryl methyl sites for hydroxylation is 1. The van der Waals surface area contributed by atoms with Gasteiger partial charge in [0.1, 0.15) is 0 Å². The Morgan fingerprint density at radius 2 is 2.21 bits per heavy atom. The number of fused-ring (bicyclic) bond motifs is 1. The van der Waals surface area contributed by atoms with E-state index in [1.807, 2.05) is 11.8 Å². The molecule has 0 unspecified atom stereocenters. The van der Waals surface area contributed by atoms with Gasteiger partial charge < -0.3 is 5.11 Å². The second-order valence-electron chi connectivity index (χ2n) is 4.44. The van der Waals surface area contributed by atoms with Crippen molar-refractivity contribution in [3.8, 4) is 0 Å². The maximum Gasteiger partial charge on any atom is 0.0690 e. The second-order valence-corrected chi connectivity index (χ2v) is 5.58. The third-order valence-electron chi connectivity index (χ3n) is 3.12. The van der Waals surface area contributed by atoms with Crippen molar-refractivity contribution >= 4 is 11.8 Å². The van der Waals surface area contributed by atoms with Crippen molar-refractivity contribution in [1.82, 2.24) is 0 Å². The van der Waals surface area contributed by atoms with Crippen LogP contribution in [0.15, 0.2) is 23.1 Å². The normalized spacial score (nSPS) is 22.1. The van der Waals surface area contributed by atoms with Crippen LogP contribution in [-0.4, -0.2) is 16.5 Å². The van der Waals surface area contributed by atoms with Crippen molar-refractivity contribution in [1.29, 1.82) is 0 Å². The molecule has 1 aliphatic carbocycles. The minimum absolute atomic E-state index is 0.350. The highest BCUT2D eigenvalue weighted by molar-refractivity contribution is 7.99. The standard InChI is InChI=1S/C12H14OS/c13-12(4-5-12)8-9-1-2-10-3-6-14-11(10)7-9/h1-2,7,13H,3-6,8H2. The molecular formula is C12H14OS. The van der Waals surface area contributed by atoms with Gasteiger partial charge in [-0.3, -0.25) is 0 Å². The molecule has 74 valence electrons. The average molecular weight is 206 g/mol. The smallest absolute Gasteiger partial charge is 0.0690 e. The van der Waals surface area contributed by atoms with Crippen molar-refractivity contribution in [2.45, 2.75) is 36.2 Å². The van der Waals surface area contributed by atoms with Crippen molar-refractivity contribution in [3.63, 3.8) is 0 Å². The maximum atomic E-state index is 9.82. The molecule has 1 aromatic carbocycles. The molecule has 3 rings (SSSR count). The fourth-order valence-electron chi connectivity index (χ4n) is 2.02. The maximum absolute atomic E-state index is 9.82. The Hall–Kier alpha value is -0.470. The van der Waals surface area contributed by atoms with Gasteiger partial charge in [-0.25, -0.2) is 0 Å². The molecule has 1 aromatic rings. The lowest BCUT2D eigenvalue weighted by molar-refractivity contribution is 0.151. The molecule has 1 heterocycles. The van der Waals surface area contributed by atoms with Crippen LogP contribution < -0.4 is 0 Å². The molecular weight excluding hydrogens is 192 g/mol. The number of hydrogen-bond donors (Lipinski definition) is 1. The zero-order chi connectivity index (χ0) is 9.60. The summed E-state index contributed by atoms with van der Waals surface area (Å²) in [4.78, 5) is 1.44. The van der Waals surface area contributed by atoms with Gasteiger partial charge in [-0.05, 0) is 36.5 Å². The van der Waals surface area contributed by atoms with Gasteiger partial charge in [0.15, 0.2) is 0 Å². The Labute approximate surface area is 88.5 Å². The van der Waals surface area contributed by atoms with Gasteiger partial charge in [0, 0.05) is 17.1 Å². The molecule has 0 atom stereocenters. The van der Waals surface area contributed by atoms with Crippen LogP contribution in [0.25, 0.3) is 0 Å². The van der Waals surface area contributed by atoms with E-state index in [-0.39, 0.29) is 5.60 Å². The molecule has 2 aliphatic rings. The van der Waals surface area contributed by atoms with Gasteiger partial charge in [0.2, 0.25) is 0 Å². The third kappa shape index (κ3) is 1.57. The highest BCUT2D eigenvalue weighted by Crippen LogP contribution is 2.39. The van der Waals surface area contributed by atoms with Crippen LogP contribution in [0.4, 0.5) is 0 Å². The van der Waals surface area contributed by atoms with Crippen LogP contribution in [0.3, 0.4) is 0 Å². The Balaban J connectivity index is 1.85. The largest absolute Gasteiger partial charge is 0.390 e. The molecule has 1 saturated carbocycles. The Morgan fingerprint density at radius 3 is 3.00 bits per heavy atom. The van der Waals surface area contributed by atoms with Gasteiger partial charge in [0.05, 0.1) is 5.60 Å². The Kier molecular flexibility index (Phi) is 1.89. The topological polar surface area (TPSA) is 20.2 Å². The number of aliphatic hydroxyl groups is 1. The minimum Gasteiger partial charge on any atom is -0.390 e. The predicted molar refractivity (Wildman–Crippen MR) is 58.8 cm³/mol. The van der Waals surface area contributed by atoms with E-state index in [4.69, 9.17) is 0 Å². The molecule has 0 bridgehead atoms. The van der Waals surface area contributed by atoms with Gasteiger partial charge in [0.25, 0.3) is 0 Å². The van der Waals surface area contributed by atoms with Crippen molar-refractivity contribution in [2.75, 3.05) is 5.75 Å². The summed E-state index contributed by atoms with van der Waals surface area (Å²) in [5, 5.41) is 9.82. The quantitative estimate of drug-likeness (QED) is 0.802. The van der Waals surface area contributed by atoms with E-state index >= 15 is 0 Å². The first kappa shape index (κ1) is 8.81. The molecule has 1 N–H and O–H groups in total. The average Bonchev–Trinajstić information content (AvgIpc) is 2.73. The lowest BCUT2D eigenvalue weighted by atomic mass is 10.0. The first-order valence-corrected chi connectivity index (χ1v) is 6.21. The summed E-state index contributed by atoms with van der Waals surface area (Å²) < 4.78 is 0. The summed E-state index contributed by atoms with van der Waals surface area (Å²) in [5.74, 6) is 1.23. The van der Waals surface area contributed by atoms with Crippen LogP contribution in [0.5, 0.6) is 0 Å². The van der Waals surface area contributed by atoms with Crippen LogP contribution in [0.2, 0.25) is 0 Å². The molecule has 1 fully saturated rings. The molecule has 0 saturated heterocycles. The van der Waals surface area contributed by atoms with Gasteiger partial charge in [-0.2, -0.15) is 0 Å². The van der Waals surface area contributed by atoms with Crippen molar-refractivity contribution in [2.24, 2.45) is 0 Å². The number of benzene rings is 1. The predicted octanol–water partition coefficient (Wildman–Crippen LogP) is 2.40. The van der Waals surface area contributed by atoms with Crippen LogP contribution in [0, 0.1) is 0 Å². The van der Waals surface area contributed by atoms with Crippen LogP contribution in [0.1, 0.15) is 24.0 Å². The minimum atomic E-state index is -0.350. The Bertz CT molecular complexity index is 369. The third-order valence-corrected chi connectivity index (χ3v) is 4.22. The van der Waals surface area contributed by atoms with Gasteiger partial charge in [-0.15, -0.1) is 11.8 Å². The van der Waals surface area contributed by atoms with E-state index < -0.39 is 0 Å².